The van der Waals surface area contributed by atoms with Crippen molar-refractivity contribution >= 4 is 34.4 Å². The highest BCUT2D eigenvalue weighted by Crippen LogP contribution is 2.46. The van der Waals surface area contributed by atoms with Crippen LogP contribution in [-0.4, -0.2) is 52.5 Å². The molecular weight excluding hydrogens is 394 g/mol. The second-order valence-electron chi connectivity index (χ2n) is 8.66. The van der Waals surface area contributed by atoms with Gasteiger partial charge in [0.2, 0.25) is 5.91 Å². The van der Waals surface area contributed by atoms with Crippen molar-refractivity contribution in [2.75, 3.05) is 25.4 Å². The lowest BCUT2D eigenvalue weighted by atomic mass is 9.66. The van der Waals surface area contributed by atoms with Crippen LogP contribution in [0.3, 0.4) is 0 Å². The Hall–Kier alpha value is -1.24. The molecule has 7 heteroatoms. The second kappa shape index (κ2) is 8.25. The minimum absolute atomic E-state index is 0.0800. The van der Waals surface area contributed by atoms with Crippen LogP contribution in [0.25, 0.3) is 0 Å². The minimum atomic E-state index is -0.999. The van der Waals surface area contributed by atoms with Crippen LogP contribution in [0, 0.1) is 11.3 Å². The molecule has 0 aliphatic carbocycles. The number of carbonyl (C=O) groups is 1. The summed E-state index contributed by atoms with van der Waals surface area (Å²) >= 11 is 7.68. The molecule has 0 radical (unpaired) electrons. The first-order valence-corrected chi connectivity index (χ1v) is 11.2. The van der Waals surface area contributed by atoms with Crippen molar-refractivity contribution < 1.29 is 9.90 Å². The number of aliphatic imine (C=N–C) groups is 1. The van der Waals surface area contributed by atoms with Crippen LogP contribution in [0.4, 0.5) is 0 Å². The summed E-state index contributed by atoms with van der Waals surface area (Å²) in [6, 6.07) is 7.08. The standard InChI is InChI=1S/C21H30ClN3O2S/c1-14(2)17(24-19-23-10-12-28-19)18(26)25-11-9-21(27,20(3,4)13-25)15-5-7-16(22)8-6-15/h5-8,14,17,27H,9-13H2,1-4H3,(H,23,24)/t17-,21+/m1/s1. The largest absolute Gasteiger partial charge is 0.384 e. The van der Waals surface area contributed by atoms with Gasteiger partial charge in [-0.3, -0.25) is 9.79 Å². The Morgan fingerprint density at radius 3 is 2.54 bits per heavy atom. The van der Waals surface area contributed by atoms with Crippen molar-refractivity contribution in [2.24, 2.45) is 16.3 Å². The number of amides is 1. The highest BCUT2D eigenvalue weighted by molar-refractivity contribution is 8.14. The maximum atomic E-state index is 13.3. The maximum absolute atomic E-state index is 13.3. The van der Waals surface area contributed by atoms with E-state index in [1.54, 1.807) is 23.9 Å². The zero-order chi connectivity index (χ0) is 20.5. The number of nitrogens with one attached hydrogen (secondary N) is 1. The maximum Gasteiger partial charge on any atom is 0.245 e. The average molecular weight is 424 g/mol. The van der Waals surface area contributed by atoms with E-state index in [9.17, 15) is 9.90 Å². The summed E-state index contributed by atoms with van der Waals surface area (Å²) in [4.78, 5) is 19.6. The lowest BCUT2D eigenvalue weighted by molar-refractivity contribution is -0.155. The fraction of sp³-hybridized carbons (Fsp3) is 0.619. The van der Waals surface area contributed by atoms with Gasteiger partial charge in [-0.2, -0.15) is 0 Å². The molecule has 1 aromatic carbocycles. The quantitative estimate of drug-likeness (QED) is 0.777. The molecule has 2 aliphatic rings. The molecule has 2 N–H and O–H groups in total. The van der Waals surface area contributed by atoms with Crippen molar-refractivity contribution in [1.82, 2.24) is 10.2 Å². The van der Waals surface area contributed by atoms with Gasteiger partial charge in [-0.1, -0.05) is 63.2 Å². The monoisotopic (exact) mass is 423 g/mol. The third-order valence-electron chi connectivity index (χ3n) is 5.88. The van der Waals surface area contributed by atoms with Crippen molar-refractivity contribution in [3.63, 3.8) is 0 Å². The number of hydrogen-bond acceptors (Lipinski definition) is 5. The molecule has 1 aromatic rings. The first kappa shape index (κ1) is 21.5. The van der Waals surface area contributed by atoms with Gasteiger partial charge in [0, 0.05) is 29.3 Å². The lowest BCUT2D eigenvalue weighted by Crippen LogP contribution is -2.60. The fourth-order valence-corrected chi connectivity index (χ4v) is 4.93. The molecule has 2 atom stereocenters. The van der Waals surface area contributed by atoms with Crippen LogP contribution in [0.15, 0.2) is 29.3 Å². The molecule has 28 heavy (non-hydrogen) atoms. The van der Waals surface area contributed by atoms with E-state index in [1.807, 2.05) is 30.9 Å². The van der Waals surface area contributed by atoms with Gasteiger partial charge in [0.05, 0.1) is 12.1 Å². The van der Waals surface area contributed by atoms with Crippen LogP contribution in [-0.2, 0) is 10.4 Å². The van der Waals surface area contributed by atoms with E-state index in [4.69, 9.17) is 11.6 Å². The Morgan fingerprint density at radius 1 is 1.32 bits per heavy atom. The van der Waals surface area contributed by atoms with Gasteiger partial charge in [-0.05, 0) is 30.0 Å². The van der Waals surface area contributed by atoms with E-state index in [-0.39, 0.29) is 17.9 Å². The summed E-state index contributed by atoms with van der Waals surface area (Å²) in [5.74, 6) is 1.19. The van der Waals surface area contributed by atoms with E-state index >= 15 is 0 Å². The topological polar surface area (TPSA) is 64.9 Å². The Labute approximate surface area is 176 Å². The van der Waals surface area contributed by atoms with Gasteiger partial charge in [0.15, 0.2) is 5.17 Å². The third kappa shape index (κ3) is 4.19. The number of piperidine rings is 1. The number of hydrogen-bond donors (Lipinski definition) is 2. The van der Waals surface area contributed by atoms with Crippen molar-refractivity contribution in [3.8, 4) is 0 Å². The van der Waals surface area contributed by atoms with Gasteiger partial charge in [0.25, 0.3) is 0 Å². The molecule has 0 spiro atoms. The van der Waals surface area contributed by atoms with Crippen molar-refractivity contribution in [1.29, 1.82) is 0 Å². The Balaban J connectivity index is 1.76. The molecule has 2 heterocycles. The molecule has 154 valence electrons. The molecule has 0 aromatic heterocycles. The number of nitrogens with zero attached hydrogens (tertiary/aromatic N) is 2. The molecule has 0 saturated carbocycles. The number of halogens is 1. The first-order valence-electron chi connectivity index (χ1n) is 9.85. The Kier molecular flexibility index (Phi) is 6.32. The Morgan fingerprint density at radius 2 is 2.00 bits per heavy atom. The molecular formula is C21H30ClN3O2S. The molecule has 2 aliphatic heterocycles. The molecule has 0 bridgehead atoms. The zero-order valence-electron chi connectivity index (χ0n) is 17.0. The minimum Gasteiger partial charge on any atom is -0.384 e. The molecule has 3 rings (SSSR count). The number of carbonyl (C=O) groups excluding carboxylic acids is 1. The highest BCUT2D eigenvalue weighted by Gasteiger charge is 2.50. The summed E-state index contributed by atoms with van der Waals surface area (Å²) in [6.45, 7) is 9.97. The van der Waals surface area contributed by atoms with Gasteiger partial charge >= 0.3 is 0 Å². The first-order chi connectivity index (χ1) is 13.1. The zero-order valence-corrected chi connectivity index (χ0v) is 18.6. The normalized spacial score (nSPS) is 25.5. The predicted octanol–water partition coefficient (Wildman–Crippen LogP) is 3.50. The van der Waals surface area contributed by atoms with E-state index in [1.165, 1.54) is 0 Å². The second-order valence-corrected chi connectivity index (χ2v) is 10.2. The van der Waals surface area contributed by atoms with Crippen molar-refractivity contribution in [2.45, 2.75) is 45.8 Å². The van der Waals surface area contributed by atoms with Gasteiger partial charge in [-0.25, -0.2) is 0 Å². The smallest absolute Gasteiger partial charge is 0.245 e. The molecule has 0 unspecified atom stereocenters. The molecule has 1 saturated heterocycles. The summed E-state index contributed by atoms with van der Waals surface area (Å²) in [7, 11) is 0. The average Bonchev–Trinajstić information content (AvgIpc) is 3.15. The van der Waals surface area contributed by atoms with Gasteiger partial charge < -0.3 is 15.3 Å². The highest BCUT2D eigenvalue weighted by atomic mass is 35.5. The number of likely N-dealkylation sites (tertiary alicyclic amines) is 1. The molecule has 5 nitrogen and oxygen atoms in total. The van der Waals surface area contributed by atoms with E-state index in [0.717, 1.165) is 23.0 Å². The van der Waals surface area contributed by atoms with Crippen LogP contribution in [0.5, 0.6) is 0 Å². The summed E-state index contributed by atoms with van der Waals surface area (Å²) in [5, 5.41) is 16.4. The van der Waals surface area contributed by atoms with Crippen LogP contribution in [0.2, 0.25) is 5.02 Å². The van der Waals surface area contributed by atoms with Gasteiger partial charge in [-0.15, -0.1) is 0 Å². The number of benzene rings is 1. The van der Waals surface area contributed by atoms with E-state index in [0.29, 0.717) is 24.5 Å². The van der Waals surface area contributed by atoms with E-state index < -0.39 is 11.0 Å². The van der Waals surface area contributed by atoms with Crippen LogP contribution >= 0.6 is 23.4 Å². The lowest BCUT2D eigenvalue weighted by Gasteiger charge is -2.51. The Bertz CT molecular complexity index is 751. The SMILES string of the molecule is CC(C)[C@@H](NC1=NCCS1)C(=O)N1CC[C@](O)(c2ccc(Cl)cc2)C(C)(C)C1. The van der Waals surface area contributed by atoms with Gasteiger partial charge in [0.1, 0.15) is 6.04 Å². The number of aliphatic hydroxyl groups is 1. The summed E-state index contributed by atoms with van der Waals surface area (Å²) < 4.78 is 0. The van der Waals surface area contributed by atoms with E-state index in [2.05, 4.69) is 24.2 Å². The third-order valence-corrected chi connectivity index (χ3v) is 7.04. The van der Waals surface area contributed by atoms with Crippen molar-refractivity contribution in [3.05, 3.63) is 34.9 Å². The number of thioether (sulfide) groups is 1. The number of amidine groups is 1. The number of rotatable bonds is 4. The summed E-state index contributed by atoms with van der Waals surface area (Å²) in [6.07, 6.45) is 0.494. The fourth-order valence-electron chi connectivity index (χ4n) is 4.04. The molecule has 1 amide bonds. The van der Waals surface area contributed by atoms with Crippen LogP contribution in [0.1, 0.15) is 39.7 Å². The summed E-state index contributed by atoms with van der Waals surface area (Å²) in [5.41, 5.74) is -0.639. The molecule has 1 fully saturated rings. The van der Waals surface area contributed by atoms with Crippen LogP contribution < -0.4 is 5.32 Å². The predicted molar refractivity (Wildman–Crippen MR) is 117 cm³/mol.